The molecule has 1 atom stereocenters. The van der Waals surface area contributed by atoms with E-state index in [0.717, 1.165) is 50.8 Å². The zero-order chi connectivity index (χ0) is 18.1. The van der Waals surface area contributed by atoms with E-state index in [1.807, 2.05) is 31.2 Å². The number of rotatable bonds is 7. The molecule has 1 aliphatic heterocycles. The van der Waals surface area contributed by atoms with E-state index >= 15 is 0 Å². The van der Waals surface area contributed by atoms with Gasteiger partial charge in [-0.3, -0.25) is 0 Å². The number of hydrogen-bond donors (Lipinski definition) is 1. The van der Waals surface area contributed by atoms with Crippen LogP contribution in [0.3, 0.4) is 0 Å². The van der Waals surface area contributed by atoms with E-state index in [9.17, 15) is 0 Å². The second-order valence-corrected chi connectivity index (χ2v) is 6.66. The van der Waals surface area contributed by atoms with Gasteiger partial charge in [-0.1, -0.05) is 11.6 Å². The molecule has 1 aromatic carbocycles. The number of ether oxygens (including phenoxy) is 2. The normalized spacial score (nSPS) is 16.8. The maximum absolute atomic E-state index is 5.90. The topological polar surface area (TPSA) is 46.1 Å². The maximum atomic E-state index is 5.90. The molecule has 0 spiro atoms. The first kappa shape index (κ1) is 23.3. The molecule has 1 aromatic rings. The minimum absolute atomic E-state index is 0. The summed E-state index contributed by atoms with van der Waals surface area (Å²) in [5.41, 5.74) is 0. The van der Waals surface area contributed by atoms with Crippen molar-refractivity contribution >= 4 is 41.5 Å². The van der Waals surface area contributed by atoms with E-state index in [-0.39, 0.29) is 30.1 Å². The zero-order valence-corrected chi connectivity index (χ0v) is 19.0. The van der Waals surface area contributed by atoms with E-state index < -0.39 is 0 Å². The number of nitrogens with zero attached hydrogens (tertiary/aromatic N) is 2. The molecule has 0 amide bonds. The van der Waals surface area contributed by atoms with Crippen molar-refractivity contribution in [2.45, 2.75) is 45.8 Å². The molecule has 0 radical (unpaired) electrons. The van der Waals surface area contributed by atoms with Crippen LogP contribution in [0.5, 0.6) is 5.75 Å². The van der Waals surface area contributed by atoms with Crippen molar-refractivity contribution in [1.29, 1.82) is 0 Å². The number of likely N-dealkylation sites (tertiary alicyclic amines) is 1. The molecule has 2 rings (SSSR count). The predicted molar refractivity (Wildman–Crippen MR) is 119 cm³/mol. The third-order valence-electron chi connectivity index (χ3n) is 4.13. The number of nitrogens with one attached hydrogen (secondary N) is 1. The van der Waals surface area contributed by atoms with Crippen molar-refractivity contribution in [2.75, 3.05) is 32.8 Å². The molecule has 1 N–H and O–H groups in total. The molecule has 0 saturated carbocycles. The Morgan fingerprint density at radius 2 is 1.92 bits per heavy atom. The fraction of sp³-hybridized carbons (Fsp3) is 0.632. The fourth-order valence-corrected chi connectivity index (χ4v) is 3.02. The Hall–Kier alpha value is -0.730. The summed E-state index contributed by atoms with van der Waals surface area (Å²) in [6.07, 6.45) is 2.48. The van der Waals surface area contributed by atoms with Gasteiger partial charge in [0.25, 0.3) is 0 Å². The lowest BCUT2D eigenvalue weighted by atomic mass is 10.1. The van der Waals surface area contributed by atoms with Crippen molar-refractivity contribution in [1.82, 2.24) is 10.2 Å². The third-order valence-corrected chi connectivity index (χ3v) is 4.38. The van der Waals surface area contributed by atoms with Crippen molar-refractivity contribution in [3.63, 3.8) is 0 Å². The first-order valence-corrected chi connectivity index (χ1v) is 9.57. The van der Waals surface area contributed by atoms with Gasteiger partial charge in [-0.25, -0.2) is 4.99 Å². The monoisotopic (exact) mass is 495 g/mol. The fourth-order valence-electron chi connectivity index (χ4n) is 2.89. The van der Waals surface area contributed by atoms with Gasteiger partial charge in [0.1, 0.15) is 11.9 Å². The average Bonchev–Trinajstić information content (AvgIpc) is 2.62. The predicted octanol–water partition coefficient (Wildman–Crippen LogP) is 4.19. The van der Waals surface area contributed by atoms with Crippen LogP contribution >= 0.6 is 35.6 Å². The molecular weight excluding hydrogens is 465 g/mol. The summed E-state index contributed by atoms with van der Waals surface area (Å²) in [6, 6.07) is 7.43. The van der Waals surface area contributed by atoms with Crippen molar-refractivity contribution in [3.05, 3.63) is 29.3 Å². The molecular formula is C19H31ClIN3O2. The van der Waals surface area contributed by atoms with Gasteiger partial charge in [-0.2, -0.15) is 0 Å². The number of aliphatic imine (C=N–C) groups is 1. The Morgan fingerprint density at radius 3 is 2.50 bits per heavy atom. The Morgan fingerprint density at radius 1 is 1.27 bits per heavy atom. The minimum atomic E-state index is -0.00389. The summed E-state index contributed by atoms with van der Waals surface area (Å²) in [5, 5.41) is 4.10. The Balaban J connectivity index is 0.00000338. The highest BCUT2D eigenvalue weighted by atomic mass is 127. The molecule has 5 nitrogen and oxygen atoms in total. The third kappa shape index (κ3) is 7.88. The van der Waals surface area contributed by atoms with Crippen molar-refractivity contribution < 1.29 is 9.47 Å². The highest BCUT2D eigenvalue weighted by Crippen LogP contribution is 2.17. The number of hydrogen-bond acceptors (Lipinski definition) is 3. The Bertz CT molecular complexity index is 534. The standard InChI is InChI=1S/C19H30ClN3O2.HI/c1-4-21-19(23-12-10-17(11-13-23)24-5-2)22-14-15(3)25-18-8-6-16(20)7-9-18;/h6-9,15,17H,4-5,10-14H2,1-3H3,(H,21,22);1H. The van der Waals surface area contributed by atoms with E-state index in [4.69, 9.17) is 26.1 Å². The molecule has 1 saturated heterocycles. The van der Waals surface area contributed by atoms with Crippen LogP contribution < -0.4 is 10.1 Å². The summed E-state index contributed by atoms with van der Waals surface area (Å²) < 4.78 is 11.6. The van der Waals surface area contributed by atoms with Crippen molar-refractivity contribution in [2.24, 2.45) is 4.99 Å². The van der Waals surface area contributed by atoms with E-state index in [0.29, 0.717) is 17.7 Å². The number of halogens is 2. The average molecular weight is 496 g/mol. The van der Waals surface area contributed by atoms with Crippen LogP contribution in [0.1, 0.15) is 33.6 Å². The van der Waals surface area contributed by atoms with Gasteiger partial charge in [0.2, 0.25) is 0 Å². The van der Waals surface area contributed by atoms with Gasteiger partial charge in [0.15, 0.2) is 5.96 Å². The number of guanidine groups is 1. The summed E-state index contributed by atoms with van der Waals surface area (Å²) >= 11 is 5.90. The molecule has 0 aromatic heterocycles. The Labute approximate surface area is 179 Å². The molecule has 26 heavy (non-hydrogen) atoms. The lowest BCUT2D eigenvalue weighted by Crippen LogP contribution is -2.47. The maximum Gasteiger partial charge on any atom is 0.194 e. The van der Waals surface area contributed by atoms with Gasteiger partial charge >= 0.3 is 0 Å². The molecule has 1 heterocycles. The van der Waals surface area contributed by atoms with Crippen LogP contribution in [-0.4, -0.2) is 55.9 Å². The van der Waals surface area contributed by atoms with E-state index in [1.54, 1.807) is 0 Å². The largest absolute Gasteiger partial charge is 0.489 e. The smallest absolute Gasteiger partial charge is 0.194 e. The second-order valence-electron chi connectivity index (χ2n) is 6.22. The van der Waals surface area contributed by atoms with Crippen LogP contribution in [0.25, 0.3) is 0 Å². The summed E-state index contributed by atoms with van der Waals surface area (Å²) in [7, 11) is 0. The lowest BCUT2D eigenvalue weighted by Gasteiger charge is -2.34. The summed E-state index contributed by atoms with van der Waals surface area (Å²) in [5.74, 6) is 1.78. The van der Waals surface area contributed by atoms with Crippen LogP contribution in [0.2, 0.25) is 5.02 Å². The molecule has 148 valence electrons. The van der Waals surface area contributed by atoms with Crippen LogP contribution in [0.4, 0.5) is 0 Å². The van der Waals surface area contributed by atoms with Gasteiger partial charge in [-0.05, 0) is 57.9 Å². The highest BCUT2D eigenvalue weighted by molar-refractivity contribution is 14.0. The number of piperidine rings is 1. The van der Waals surface area contributed by atoms with Gasteiger partial charge in [0.05, 0.1) is 12.6 Å². The first-order valence-electron chi connectivity index (χ1n) is 9.19. The summed E-state index contributed by atoms with van der Waals surface area (Å²) in [4.78, 5) is 7.07. The minimum Gasteiger partial charge on any atom is -0.489 e. The summed E-state index contributed by atoms with van der Waals surface area (Å²) in [6.45, 7) is 10.4. The van der Waals surface area contributed by atoms with Crippen LogP contribution in [-0.2, 0) is 4.74 Å². The van der Waals surface area contributed by atoms with Crippen LogP contribution in [0.15, 0.2) is 29.3 Å². The zero-order valence-electron chi connectivity index (χ0n) is 15.9. The van der Waals surface area contributed by atoms with Gasteiger partial charge in [0, 0.05) is 31.3 Å². The quantitative estimate of drug-likeness (QED) is 0.350. The molecule has 7 heteroatoms. The molecule has 0 aliphatic carbocycles. The van der Waals surface area contributed by atoms with Gasteiger partial charge in [-0.15, -0.1) is 24.0 Å². The molecule has 1 unspecified atom stereocenters. The van der Waals surface area contributed by atoms with Crippen molar-refractivity contribution in [3.8, 4) is 5.75 Å². The molecule has 1 aliphatic rings. The first-order chi connectivity index (χ1) is 12.1. The van der Waals surface area contributed by atoms with E-state index in [1.165, 1.54) is 0 Å². The van der Waals surface area contributed by atoms with Crippen LogP contribution in [0, 0.1) is 0 Å². The second kappa shape index (κ2) is 12.6. The SMILES string of the molecule is CCNC(=NCC(C)Oc1ccc(Cl)cc1)N1CCC(OCC)CC1.I. The van der Waals surface area contributed by atoms with Gasteiger partial charge < -0.3 is 19.7 Å². The molecule has 0 bridgehead atoms. The Kier molecular flexibility index (Phi) is 11.3. The lowest BCUT2D eigenvalue weighted by molar-refractivity contribution is 0.0263. The number of benzene rings is 1. The van der Waals surface area contributed by atoms with E-state index in [2.05, 4.69) is 24.1 Å². The molecule has 1 fully saturated rings. The highest BCUT2D eigenvalue weighted by Gasteiger charge is 2.21.